The fourth-order valence-electron chi connectivity index (χ4n) is 1.07. The number of carboxylic acid groups (broad SMARTS) is 1. The van der Waals surface area contributed by atoms with Crippen molar-refractivity contribution in [1.29, 1.82) is 0 Å². The lowest BCUT2D eigenvalue weighted by Gasteiger charge is -2.00. The third kappa shape index (κ3) is 3.64. The number of carbonyl (C=O) groups excluding carboxylic acids is 1. The summed E-state index contributed by atoms with van der Waals surface area (Å²) in [5.41, 5.74) is 5.86. The van der Waals surface area contributed by atoms with Crippen molar-refractivity contribution in [2.75, 3.05) is 0 Å². The lowest BCUT2D eigenvalue weighted by Crippen LogP contribution is -2.06. The first-order valence-electron chi connectivity index (χ1n) is 4.30. The van der Waals surface area contributed by atoms with Crippen LogP contribution in [-0.4, -0.2) is 17.0 Å². The quantitative estimate of drug-likeness (QED) is 0.747. The van der Waals surface area contributed by atoms with Crippen LogP contribution in [0.4, 0.5) is 0 Å². The predicted octanol–water partition coefficient (Wildman–Crippen LogP) is 0.804. The van der Waals surface area contributed by atoms with E-state index >= 15 is 0 Å². The zero-order valence-electron chi connectivity index (χ0n) is 8.16. The minimum atomic E-state index is -0.960. The van der Waals surface area contributed by atoms with Gasteiger partial charge in [0.05, 0.1) is 6.42 Å². The molecule has 0 atom stereocenters. The fourth-order valence-corrected chi connectivity index (χ4v) is 1.31. The molecule has 1 rings (SSSR count). The van der Waals surface area contributed by atoms with Crippen LogP contribution >= 0.6 is 11.6 Å². The number of amides is 1. The first-order valence-corrected chi connectivity index (χ1v) is 4.68. The normalized spacial score (nSPS) is 9.06. The van der Waals surface area contributed by atoms with E-state index < -0.39 is 11.9 Å². The second-order valence-corrected chi connectivity index (χ2v) is 3.40. The second-order valence-electron chi connectivity index (χ2n) is 2.99. The number of carboxylic acids is 1. The summed E-state index contributed by atoms with van der Waals surface area (Å²) in [4.78, 5) is 20.9. The van der Waals surface area contributed by atoms with Crippen molar-refractivity contribution >= 4 is 23.5 Å². The molecule has 5 heteroatoms. The van der Waals surface area contributed by atoms with Gasteiger partial charge in [-0.05, 0) is 23.6 Å². The maximum absolute atomic E-state index is 10.5. The van der Waals surface area contributed by atoms with Crippen molar-refractivity contribution in [2.24, 2.45) is 5.73 Å². The first-order chi connectivity index (χ1) is 7.49. The Morgan fingerprint density at radius 3 is 2.62 bits per heavy atom. The lowest BCUT2D eigenvalue weighted by molar-refractivity contribution is -0.136. The van der Waals surface area contributed by atoms with Gasteiger partial charge in [-0.25, -0.2) is 0 Å². The van der Waals surface area contributed by atoms with Crippen LogP contribution < -0.4 is 5.73 Å². The Morgan fingerprint density at radius 1 is 1.44 bits per heavy atom. The highest BCUT2D eigenvalue weighted by atomic mass is 35.5. The molecule has 82 valence electrons. The summed E-state index contributed by atoms with van der Waals surface area (Å²) in [6.45, 7) is 0. The number of primary amides is 1. The molecule has 1 aromatic carbocycles. The molecule has 0 radical (unpaired) electrons. The molecule has 0 aromatic heterocycles. The number of rotatable bonds is 2. The van der Waals surface area contributed by atoms with Gasteiger partial charge in [0.1, 0.15) is 0 Å². The molecule has 0 aliphatic rings. The Kier molecular flexibility index (Phi) is 3.92. The molecule has 0 saturated carbocycles. The van der Waals surface area contributed by atoms with E-state index in [2.05, 4.69) is 11.8 Å². The molecule has 0 bridgehead atoms. The highest BCUT2D eigenvalue weighted by molar-refractivity contribution is 6.31. The molecule has 1 amide bonds. The highest BCUT2D eigenvalue weighted by Crippen LogP contribution is 2.18. The maximum atomic E-state index is 10.5. The predicted molar refractivity (Wildman–Crippen MR) is 58.9 cm³/mol. The van der Waals surface area contributed by atoms with Crippen molar-refractivity contribution in [1.82, 2.24) is 0 Å². The van der Waals surface area contributed by atoms with Crippen LogP contribution in [0.1, 0.15) is 11.1 Å². The van der Waals surface area contributed by atoms with Gasteiger partial charge < -0.3 is 10.8 Å². The average molecular weight is 238 g/mol. The molecule has 4 nitrogen and oxygen atoms in total. The standard InChI is InChI=1S/C11H8ClNO3/c12-9-5-7(2-4-10(13)14)1-3-8(9)6-11(15)16/h1,3,5H,6H2,(H2,13,14)(H,15,16). The number of aliphatic carboxylic acids is 1. The molecule has 0 spiro atoms. The van der Waals surface area contributed by atoms with Gasteiger partial charge in [-0.15, -0.1) is 0 Å². The van der Waals surface area contributed by atoms with Crippen LogP contribution in [-0.2, 0) is 16.0 Å². The lowest BCUT2D eigenvalue weighted by atomic mass is 10.1. The molecule has 0 aliphatic heterocycles. The van der Waals surface area contributed by atoms with E-state index in [0.29, 0.717) is 16.1 Å². The van der Waals surface area contributed by atoms with Gasteiger partial charge >= 0.3 is 5.97 Å². The van der Waals surface area contributed by atoms with Gasteiger partial charge in [-0.3, -0.25) is 9.59 Å². The van der Waals surface area contributed by atoms with Crippen molar-refractivity contribution in [3.05, 3.63) is 34.3 Å². The van der Waals surface area contributed by atoms with Crippen molar-refractivity contribution in [2.45, 2.75) is 6.42 Å². The zero-order valence-corrected chi connectivity index (χ0v) is 8.91. The number of hydrogen-bond donors (Lipinski definition) is 2. The monoisotopic (exact) mass is 237 g/mol. The first kappa shape index (κ1) is 12.1. The summed E-state index contributed by atoms with van der Waals surface area (Å²) >= 11 is 5.84. The van der Waals surface area contributed by atoms with E-state index in [1.807, 2.05) is 0 Å². The van der Waals surface area contributed by atoms with Crippen molar-refractivity contribution < 1.29 is 14.7 Å². The summed E-state index contributed by atoms with van der Waals surface area (Å²) in [5.74, 6) is 2.98. The molecule has 0 unspecified atom stereocenters. The van der Waals surface area contributed by atoms with Crippen LogP contribution in [0.15, 0.2) is 18.2 Å². The SMILES string of the molecule is NC(=O)C#Cc1ccc(CC(=O)O)c(Cl)c1. The smallest absolute Gasteiger partial charge is 0.307 e. The Bertz CT molecular complexity index is 500. The van der Waals surface area contributed by atoms with Crippen molar-refractivity contribution in [3.8, 4) is 11.8 Å². The number of carbonyl (C=O) groups is 2. The number of halogens is 1. The van der Waals surface area contributed by atoms with Gasteiger partial charge in [0.25, 0.3) is 5.91 Å². The molecular formula is C11H8ClNO3. The van der Waals surface area contributed by atoms with Gasteiger partial charge in [-0.1, -0.05) is 23.6 Å². The Labute approximate surface area is 97.0 Å². The van der Waals surface area contributed by atoms with E-state index in [0.717, 1.165) is 0 Å². The van der Waals surface area contributed by atoms with Gasteiger partial charge in [0, 0.05) is 10.6 Å². The third-order valence-corrected chi connectivity index (χ3v) is 2.08. The molecule has 3 N–H and O–H groups in total. The van der Waals surface area contributed by atoms with Crippen LogP contribution in [0, 0.1) is 11.8 Å². The van der Waals surface area contributed by atoms with Crippen molar-refractivity contribution in [3.63, 3.8) is 0 Å². The molecule has 16 heavy (non-hydrogen) atoms. The molecule has 1 aromatic rings. The zero-order chi connectivity index (χ0) is 12.1. The minimum Gasteiger partial charge on any atom is -0.481 e. The minimum absolute atomic E-state index is 0.150. The summed E-state index contributed by atoms with van der Waals surface area (Å²) in [7, 11) is 0. The molecule has 0 saturated heterocycles. The summed E-state index contributed by atoms with van der Waals surface area (Å²) < 4.78 is 0. The Balaban J connectivity index is 2.96. The van der Waals surface area contributed by atoms with Gasteiger partial charge in [-0.2, -0.15) is 0 Å². The van der Waals surface area contributed by atoms with E-state index in [4.69, 9.17) is 22.4 Å². The van der Waals surface area contributed by atoms with Gasteiger partial charge in [0.2, 0.25) is 0 Å². The summed E-state index contributed by atoms with van der Waals surface area (Å²) in [6.07, 6.45) is -0.150. The van der Waals surface area contributed by atoms with Gasteiger partial charge in [0.15, 0.2) is 0 Å². The van der Waals surface area contributed by atoms with Crippen LogP contribution in [0.3, 0.4) is 0 Å². The van der Waals surface area contributed by atoms with E-state index in [-0.39, 0.29) is 6.42 Å². The summed E-state index contributed by atoms with van der Waals surface area (Å²) in [6, 6.07) is 4.64. The third-order valence-electron chi connectivity index (χ3n) is 1.72. The highest BCUT2D eigenvalue weighted by Gasteiger charge is 2.05. The number of hydrogen-bond acceptors (Lipinski definition) is 2. The fraction of sp³-hybridized carbons (Fsp3) is 0.0909. The molecule has 0 fully saturated rings. The van der Waals surface area contributed by atoms with E-state index in [9.17, 15) is 9.59 Å². The van der Waals surface area contributed by atoms with E-state index in [1.165, 1.54) is 6.07 Å². The Morgan fingerprint density at radius 2 is 2.12 bits per heavy atom. The largest absolute Gasteiger partial charge is 0.481 e. The maximum Gasteiger partial charge on any atom is 0.307 e. The molecule has 0 aliphatic carbocycles. The molecular weight excluding hydrogens is 230 g/mol. The van der Waals surface area contributed by atoms with Crippen LogP contribution in [0.2, 0.25) is 5.02 Å². The second kappa shape index (κ2) is 5.19. The average Bonchev–Trinajstić information content (AvgIpc) is 2.18. The number of benzene rings is 1. The van der Waals surface area contributed by atoms with E-state index in [1.54, 1.807) is 12.1 Å². The Hall–Kier alpha value is -1.99. The molecule has 0 heterocycles. The summed E-state index contributed by atoms with van der Waals surface area (Å²) in [5, 5.41) is 8.89. The van der Waals surface area contributed by atoms with Crippen LogP contribution in [0.5, 0.6) is 0 Å². The number of nitrogens with two attached hydrogens (primary N) is 1. The topological polar surface area (TPSA) is 80.4 Å². The van der Waals surface area contributed by atoms with Crippen LogP contribution in [0.25, 0.3) is 0 Å².